The van der Waals surface area contributed by atoms with Crippen molar-refractivity contribution in [3.05, 3.63) is 11.9 Å². The summed E-state index contributed by atoms with van der Waals surface area (Å²) in [6, 6.07) is 0.280. The maximum atomic E-state index is 12.1. The number of nitrogens with two attached hydrogens (primary N) is 1. The van der Waals surface area contributed by atoms with Gasteiger partial charge in [-0.3, -0.25) is 4.79 Å². The predicted molar refractivity (Wildman–Crippen MR) is 64.4 cm³/mol. The molecule has 3 N–H and O–H groups in total. The number of carbonyl (C=O) groups excluding carboxylic acids is 1. The van der Waals surface area contributed by atoms with Gasteiger partial charge in [0.1, 0.15) is 6.54 Å². The van der Waals surface area contributed by atoms with Gasteiger partial charge in [-0.05, 0) is 19.3 Å². The highest BCUT2D eigenvalue weighted by atomic mass is 16.3. The number of aromatic nitrogens is 3. The number of hydrogen-bond acceptors (Lipinski definition) is 5. The number of nitrogens with zero attached hydrogens (tertiary/aromatic N) is 4. The first-order valence-corrected chi connectivity index (χ1v) is 6.24. The van der Waals surface area contributed by atoms with E-state index in [1.54, 1.807) is 11.1 Å². The lowest BCUT2D eigenvalue weighted by Crippen LogP contribution is -2.47. The molecule has 1 aromatic heterocycles. The van der Waals surface area contributed by atoms with Gasteiger partial charge in [-0.2, -0.15) is 0 Å². The van der Waals surface area contributed by atoms with Crippen LogP contribution in [0.1, 0.15) is 25.0 Å². The van der Waals surface area contributed by atoms with Crippen LogP contribution in [-0.2, 0) is 17.9 Å². The lowest BCUT2D eigenvalue weighted by molar-refractivity contribution is -0.136. The van der Waals surface area contributed by atoms with Crippen molar-refractivity contribution in [2.45, 2.75) is 38.4 Å². The topological polar surface area (TPSA) is 97.3 Å². The number of carbonyl (C=O) groups is 1. The molecule has 7 heteroatoms. The van der Waals surface area contributed by atoms with Gasteiger partial charge in [-0.15, -0.1) is 5.10 Å². The van der Waals surface area contributed by atoms with Crippen LogP contribution in [0.2, 0.25) is 0 Å². The monoisotopic (exact) mass is 253 g/mol. The van der Waals surface area contributed by atoms with Crippen molar-refractivity contribution in [2.24, 2.45) is 5.73 Å². The van der Waals surface area contributed by atoms with Crippen LogP contribution in [0.4, 0.5) is 0 Å². The number of hydrogen-bond donors (Lipinski definition) is 2. The molecule has 18 heavy (non-hydrogen) atoms. The number of aliphatic hydroxyl groups is 1. The second-order valence-electron chi connectivity index (χ2n) is 4.51. The molecule has 2 rings (SSSR count). The van der Waals surface area contributed by atoms with Gasteiger partial charge in [-0.25, -0.2) is 4.68 Å². The zero-order valence-corrected chi connectivity index (χ0v) is 10.3. The summed E-state index contributed by atoms with van der Waals surface area (Å²) in [5, 5.41) is 16.7. The van der Waals surface area contributed by atoms with E-state index in [0.717, 1.165) is 19.3 Å². The molecule has 0 saturated heterocycles. The predicted octanol–water partition coefficient (Wildman–Crippen LogP) is -0.890. The summed E-state index contributed by atoms with van der Waals surface area (Å²) in [6.07, 6.45) is 4.88. The Morgan fingerprint density at radius 1 is 1.61 bits per heavy atom. The fourth-order valence-corrected chi connectivity index (χ4v) is 2.06. The molecule has 0 unspecified atom stereocenters. The van der Waals surface area contributed by atoms with Crippen molar-refractivity contribution in [3.8, 4) is 0 Å². The minimum Gasteiger partial charge on any atom is -0.395 e. The Morgan fingerprint density at radius 2 is 2.39 bits per heavy atom. The molecule has 0 radical (unpaired) electrons. The smallest absolute Gasteiger partial charge is 0.244 e. The summed E-state index contributed by atoms with van der Waals surface area (Å²) in [5.41, 5.74) is 6.10. The first kappa shape index (κ1) is 13.0. The minimum absolute atomic E-state index is 0.00630. The fourth-order valence-electron chi connectivity index (χ4n) is 2.06. The third-order valence-corrected chi connectivity index (χ3v) is 3.27. The maximum Gasteiger partial charge on any atom is 0.244 e. The van der Waals surface area contributed by atoms with E-state index in [-0.39, 0.29) is 25.1 Å². The van der Waals surface area contributed by atoms with E-state index in [1.807, 2.05) is 0 Å². The second-order valence-corrected chi connectivity index (χ2v) is 4.51. The number of aliphatic hydroxyl groups excluding tert-OH is 1. The first-order chi connectivity index (χ1) is 8.74. The molecule has 7 nitrogen and oxygen atoms in total. The van der Waals surface area contributed by atoms with Crippen LogP contribution in [0, 0.1) is 0 Å². The van der Waals surface area contributed by atoms with Crippen LogP contribution >= 0.6 is 0 Å². The molecular weight excluding hydrogens is 234 g/mol. The van der Waals surface area contributed by atoms with Gasteiger partial charge in [0.25, 0.3) is 0 Å². The van der Waals surface area contributed by atoms with Crippen molar-refractivity contribution in [1.82, 2.24) is 19.9 Å². The Morgan fingerprint density at radius 3 is 2.89 bits per heavy atom. The van der Waals surface area contributed by atoms with Crippen molar-refractivity contribution < 1.29 is 9.90 Å². The largest absolute Gasteiger partial charge is 0.395 e. The second kappa shape index (κ2) is 5.92. The summed E-state index contributed by atoms with van der Waals surface area (Å²) >= 11 is 0. The number of rotatable bonds is 6. The molecule has 1 fully saturated rings. The van der Waals surface area contributed by atoms with Crippen molar-refractivity contribution in [2.75, 3.05) is 13.2 Å². The molecule has 0 aliphatic heterocycles. The summed E-state index contributed by atoms with van der Waals surface area (Å²) < 4.78 is 1.49. The Hall–Kier alpha value is -1.47. The quantitative estimate of drug-likeness (QED) is 0.685. The molecular formula is C11H19N5O2. The van der Waals surface area contributed by atoms with Gasteiger partial charge in [0.05, 0.1) is 18.5 Å². The molecule has 0 aromatic carbocycles. The van der Waals surface area contributed by atoms with Gasteiger partial charge in [0, 0.05) is 19.1 Å². The van der Waals surface area contributed by atoms with Gasteiger partial charge in [0.15, 0.2) is 0 Å². The molecule has 0 spiro atoms. The average molecular weight is 253 g/mol. The van der Waals surface area contributed by atoms with E-state index < -0.39 is 0 Å². The Kier molecular flexibility index (Phi) is 4.27. The molecule has 100 valence electrons. The lowest BCUT2D eigenvalue weighted by Gasteiger charge is -2.37. The standard InChI is InChI=1S/C11H19N5O2/c12-6-9-7-15(14-13-9)8-11(18)16(4-5-17)10-2-1-3-10/h7,10,17H,1-6,8,12H2. The Labute approximate surface area is 106 Å². The lowest BCUT2D eigenvalue weighted by atomic mass is 9.91. The molecule has 1 heterocycles. The van der Waals surface area contributed by atoms with E-state index in [0.29, 0.717) is 18.8 Å². The van der Waals surface area contributed by atoms with Crippen molar-refractivity contribution in [3.63, 3.8) is 0 Å². The average Bonchev–Trinajstić information content (AvgIpc) is 2.73. The van der Waals surface area contributed by atoms with E-state index in [2.05, 4.69) is 10.3 Å². The Bertz CT molecular complexity index is 402. The molecule has 1 aromatic rings. The SMILES string of the molecule is NCc1cn(CC(=O)N(CCO)C2CCC2)nn1. The van der Waals surface area contributed by atoms with Crippen LogP contribution in [0.5, 0.6) is 0 Å². The third kappa shape index (κ3) is 2.85. The molecule has 1 aliphatic carbocycles. The van der Waals surface area contributed by atoms with Gasteiger partial charge < -0.3 is 15.7 Å². The highest BCUT2D eigenvalue weighted by Gasteiger charge is 2.28. The zero-order valence-electron chi connectivity index (χ0n) is 10.3. The van der Waals surface area contributed by atoms with E-state index >= 15 is 0 Å². The molecule has 1 aliphatic rings. The minimum atomic E-state index is -0.0257. The van der Waals surface area contributed by atoms with Crippen LogP contribution in [-0.4, -0.2) is 50.1 Å². The van der Waals surface area contributed by atoms with Crippen molar-refractivity contribution >= 4 is 5.91 Å². The maximum absolute atomic E-state index is 12.1. The summed E-state index contributed by atoms with van der Waals surface area (Å²) in [5.74, 6) is -0.0257. The van der Waals surface area contributed by atoms with Crippen LogP contribution in [0.25, 0.3) is 0 Å². The van der Waals surface area contributed by atoms with E-state index in [4.69, 9.17) is 10.8 Å². The normalized spacial score (nSPS) is 15.4. The highest BCUT2D eigenvalue weighted by molar-refractivity contribution is 5.76. The highest BCUT2D eigenvalue weighted by Crippen LogP contribution is 2.24. The van der Waals surface area contributed by atoms with E-state index in [1.165, 1.54) is 4.68 Å². The first-order valence-electron chi connectivity index (χ1n) is 6.24. The third-order valence-electron chi connectivity index (χ3n) is 3.27. The molecule has 1 saturated carbocycles. The number of amides is 1. The summed E-state index contributed by atoms with van der Waals surface area (Å²) in [4.78, 5) is 13.9. The summed E-state index contributed by atoms with van der Waals surface area (Å²) in [6.45, 7) is 0.857. The van der Waals surface area contributed by atoms with Gasteiger partial charge in [0.2, 0.25) is 5.91 Å². The van der Waals surface area contributed by atoms with Crippen LogP contribution in [0.15, 0.2) is 6.20 Å². The van der Waals surface area contributed by atoms with Gasteiger partial charge >= 0.3 is 0 Å². The molecule has 0 bridgehead atoms. The molecule has 1 amide bonds. The summed E-state index contributed by atoms with van der Waals surface area (Å²) in [7, 11) is 0. The molecule has 0 atom stereocenters. The Balaban J connectivity index is 1.95. The van der Waals surface area contributed by atoms with Crippen molar-refractivity contribution in [1.29, 1.82) is 0 Å². The fraction of sp³-hybridized carbons (Fsp3) is 0.727. The zero-order chi connectivity index (χ0) is 13.0. The van der Waals surface area contributed by atoms with E-state index in [9.17, 15) is 4.79 Å². The van der Waals surface area contributed by atoms with Gasteiger partial charge in [-0.1, -0.05) is 5.21 Å². The van der Waals surface area contributed by atoms with Crippen LogP contribution < -0.4 is 5.73 Å². The van der Waals surface area contributed by atoms with Crippen LogP contribution in [0.3, 0.4) is 0 Å².